The smallest absolute Gasteiger partial charge is 0.255 e. The average Bonchev–Trinajstić information content (AvgIpc) is 2.84. The van der Waals surface area contributed by atoms with Crippen molar-refractivity contribution in [2.45, 2.75) is 17.1 Å². The van der Waals surface area contributed by atoms with Gasteiger partial charge in [-0.15, -0.1) is 11.8 Å². The highest BCUT2D eigenvalue weighted by atomic mass is 32.2. The minimum atomic E-state index is -0.605. The maximum atomic E-state index is 12.8. The van der Waals surface area contributed by atoms with E-state index in [2.05, 4.69) is 10.6 Å². The SMILES string of the molecule is CC(Sc1cccc(NC(=O)c2ccc3ccccc3c2)c1)C(=O)Nc1ccccc1C(N)=O. The first-order valence-electron chi connectivity index (χ1n) is 10.7. The summed E-state index contributed by atoms with van der Waals surface area (Å²) >= 11 is 1.34. The second-order valence-electron chi connectivity index (χ2n) is 7.70. The van der Waals surface area contributed by atoms with E-state index in [0.29, 0.717) is 16.9 Å². The number of hydrogen-bond donors (Lipinski definition) is 3. The third kappa shape index (κ3) is 5.44. The fraction of sp³-hybridized carbons (Fsp3) is 0.0741. The summed E-state index contributed by atoms with van der Waals surface area (Å²) in [6, 6.07) is 27.4. The lowest BCUT2D eigenvalue weighted by Crippen LogP contribution is -2.24. The number of fused-ring (bicyclic) bond motifs is 1. The van der Waals surface area contributed by atoms with Crippen LogP contribution in [0.15, 0.2) is 95.9 Å². The highest BCUT2D eigenvalue weighted by molar-refractivity contribution is 8.00. The maximum absolute atomic E-state index is 12.8. The standard InChI is InChI=1S/C27H23N3O3S/c1-17(26(32)30-24-12-5-4-11-23(24)25(28)31)34-22-10-6-9-21(16-22)29-27(33)20-14-13-18-7-2-3-8-19(18)15-20/h2-17H,1H3,(H2,28,31)(H,29,33)(H,30,32). The molecule has 170 valence electrons. The van der Waals surface area contributed by atoms with Crippen LogP contribution in [0.4, 0.5) is 11.4 Å². The molecule has 1 unspecified atom stereocenters. The van der Waals surface area contributed by atoms with Crippen molar-refractivity contribution in [2.75, 3.05) is 10.6 Å². The molecule has 0 aliphatic heterocycles. The van der Waals surface area contributed by atoms with Crippen LogP contribution in [-0.2, 0) is 4.79 Å². The van der Waals surface area contributed by atoms with Gasteiger partial charge in [-0.1, -0.05) is 48.5 Å². The number of nitrogens with two attached hydrogens (primary N) is 1. The van der Waals surface area contributed by atoms with Gasteiger partial charge < -0.3 is 16.4 Å². The molecule has 1 atom stereocenters. The monoisotopic (exact) mass is 469 g/mol. The largest absolute Gasteiger partial charge is 0.366 e. The Morgan fingerprint density at radius 1 is 0.794 bits per heavy atom. The number of para-hydroxylation sites is 1. The Morgan fingerprint density at radius 2 is 1.53 bits per heavy atom. The molecule has 0 fully saturated rings. The zero-order valence-corrected chi connectivity index (χ0v) is 19.3. The van der Waals surface area contributed by atoms with Crippen molar-refractivity contribution in [3.05, 3.63) is 102 Å². The fourth-order valence-electron chi connectivity index (χ4n) is 3.48. The minimum Gasteiger partial charge on any atom is -0.366 e. The minimum absolute atomic E-state index is 0.207. The van der Waals surface area contributed by atoms with Crippen molar-refractivity contribution in [3.63, 3.8) is 0 Å². The van der Waals surface area contributed by atoms with E-state index in [-0.39, 0.29) is 17.4 Å². The molecule has 0 aliphatic carbocycles. The summed E-state index contributed by atoms with van der Waals surface area (Å²) in [4.78, 5) is 37.9. The zero-order chi connectivity index (χ0) is 24.1. The average molecular weight is 470 g/mol. The number of hydrogen-bond acceptors (Lipinski definition) is 4. The molecule has 0 aromatic heterocycles. The van der Waals surface area contributed by atoms with Crippen molar-refractivity contribution in [1.82, 2.24) is 0 Å². The summed E-state index contributed by atoms with van der Waals surface area (Å²) in [5.41, 5.74) is 7.22. The maximum Gasteiger partial charge on any atom is 0.255 e. The second kappa shape index (κ2) is 10.2. The molecule has 4 N–H and O–H groups in total. The normalized spacial score (nSPS) is 11.6. The summed E-state index contributed by atoms with van der Waals surface area (Å²) in [5, 5.41) is 7.30. The Labute approximate surface area is 201 Å². The number of rotatable bonds is 7. The first-order chi connectivity index (χ1) is 16.4. The molecule has 6 nitrogen and oxygen atoms in total. The topological polar surface area (TPSA) is 101 Å². The van der Waals surface area contributed by atoms with Crippen LogP contribution in [0.1, 0.15) is 27.6 Å². The van der Waals surface area contributed by atoms with Crippen LogP contribution in [0.3, 0.4) is 0 Å². The molecule has 4 aromatic carbocycles. The molecule has 7 heteroatoms. The van der Waals surface area contributed by atoms with Gasteiger partial charge in [0.1, 0.15) is 0 Å². The Hall–Kier alpha value is -4.10. The molecule has 34 heavy (non-hydrogen) atoms. The highest BCUT2D eigenvalue weighted by Crippen LogP contribution is 2.27. The van der Waals surface area contributed by atoms with Gasteiger partial charge in [-0.3, -0.25) is 14.4 Å². The molecule has 4 aromatic rings. The van der Waals surface area contributed by atoms with Crippen LogP contribution in [0.5, 0.6) is 0 Å². The molecule has 0 heterocycles. The quantitative estimate of drug-likeness (QED) is 0.319. The Bertz CT molecular complexity index is 1390. The van der Waals surface area contributed by atoms with E-state index in [0.717, 1.165) is 15.7 Å². The predicted octanol–water partition coefficient (Wildman–Crippen LogP) is 5.31. The van der Waals surface area contributed by atoms with Gasteiger partial charge in [0.2, 0.25) is 5.91 Å². The number of carbonyl (C=O) groups excluding carboxylic acids is 3. The van der Waals surface area contributed by atoms with Gasteiger partial charge in [0.15, 0.2) is 0 Å². The number of carbonyl (C=O) groups is 3. The summed E-state index contributed by atoms with van der Waals surface area (Å²) in [6.07, 6.45) is 0. The Morgan fingerprint density at radius 3 is 2.32 bits per heavy atom. The lowest BCUT2D eigenvalue weighted by Gasteiger charge is -2.14. The molecule has 3 amide bonds. The first-order valence-corrected chi connectivity index (χ1v) is 11.6. The Balaban J connectivity index is 1.42. The molecular formula is C27H23N3O3S. The number of anilines is 2. The van der Waals surface area contributed by atoms with Crippen molar-refractivity contribution in [2.24, 2.45) is 5.73 Å². The van der Waals surface area contributed by atoms with Gasteiger partial charge in [0.25, 0.3) is 11.8 Å². The van der Waals surface area contributed by atoms with Crippen LogP contribution in [0.25, 0.3) is 10.8 Å². The molecule has 0 saturated carbocycles. The molecule has 0 saturated heterocycles. The number of benzene rings is 4. The van der Waals surface area contributed by atoms with Gasteiger partial charge >= 0.3 is 0 Å². The van der Waals surface area contributed by atoms with Gasteiger partial charge in [0.05, 0.1) is 16.5 Å². The van der Waals surface area contributed by atoms with Crippen molar-refractivity contribution >= 4 is 51.6 Å². The third-order valence-corrected chi connectivity index (χ3v) is 6.33. The van der Waals surface area contributed by atoms with Crippen LogP contribution >= 0.6 is 11.8 Å². The van der Waals surface area contributed by atoms with Crippen LogP contribution in [0, 0.1) is 0 Å². The van der Waals surface area contributed by atoms with Gasteiger partial charge in [-0.2, -0.15) is 0 Å². The summed E-state index contributed by atoms with van der Waals surface area (Å²) in [7, 11) is 0. The predicted molar refractivity (Wildman–Crippen MR) is 137 cm³/mol. The zero-order valence-electron chi connectivity index (χ0n) is 18.4. The molecular weight excluding hydrogens is 446 g/mol. The second-order valence-corrected chi connectivity index (χ2v) is 9.12. The molecule has 0 spiro atoms. The highest BCUT2D eigenvalue weighted by Gasteiger charge is 2.17. The van der Waals surface area contributed by atoms with Gasteiger partial charge in [-0.25, -0.2) is 0 Å². The van der Waals surface area contributed by atoms with Crippen LogP contribution < -0.4 is 16.4 Å². The molecule has 4 rings (SSSR count). The van der Waals surface area contributed by atoms with E-state index in [1.807, 2.05) is 54.6 Å². The van der Waals surface area contributed by atoms with Crippen molar-refractivity contribution < 1.29 is 14.4 Å². The lowest BCUT2D eigenvalue weighted by molar-refractivity contribution is -0.115. The number of amides is 3. The lowest BCUT2D eigenvalue weighted by atomic mass is 10.1. The van der Waals surface area contributed by atoms with Crippen LogP contribution in [0.2, 0.25) is 0 Å². The van der Waals surface area contributed by atoms with E-state index in [9.17, 15) is 14.4 Å². The Kier molecular flexibility index (Phi) is 6.94. The van der Waals surface area contributed by atoms with Crippen molar-refractivity contribution in [1.29, 1.82) is 0 Å². The molecule has 0 radical (unpaired) electrons. The number of nitrogens with one attached hydrogen (secondary N) is 2. The van der Waals surface area contributed by atoms with Crippen LogP contribution in [-0.4, -0.2) is 23.0 Å². The van der Waals surface area contributed by atoms with Crippen molar-refractivity contribution in [3.8, 4) is 0 Å². The first kappa shape index (κ1) is 23.1. The van der Waals surface area contributed by atoms with E-state index >= 15 is 0 Å². The summed E-state index contributed by atoms with van der Waals surface area (Å²) in [6.45, 7) is 1.77. The van der Waals surface area contributed by atoms with E-state index in [4.69, 9.17) is 5.73 Å². The molecule has 0 aliphatic rings. The van der Waals surface area contributed by atoms with Gasteiger partial charge in [-0.05, 0) is 60.2 Å². The van der Waals surface area contributed by atoms with E-state index < -0.39 is 11.2 Å². The van der Waals surface area contributed by atoms with Gasteiger partial charge in [0, 0.05) is 16.1 Å². The summed E-state index contributed by atoms with van der Waals surface area (Å²) in [5.74, 6) is -1.07. The number of primary amides is 1. The van der Waals surface area contributed by atoms with E-state index in [1.165, 1.54) is 11.8 Å². The third-order valence-electron chi connectivity index (χ3n) is 5.24. The fourth-order valence-corrected chi connectivity index (χ4v) is 4.41. The molecule has 0 bridgehead atoms. The number of thioether (sulfide) groups is 1. The summed E-state index contributed by atoms with van der Waals surface area (Å²) < 4.78 is 0. The van der Waals surface area contributed by atoms with E-state index in [1.54, 1.807) is 43.3 Å².